The number of hydrogen-bond donors (Lipinski definition) is 2. The lowest BCUT2D eigenvalue weighted by molar-refractivity contribution is -0.136. The van der Waals surface area contributed by atoms with Crippen LogP contribution in [0, 0.1) is 5.41 Å². The number of likely N-dealkylation sites (tertiary alicyclic amines) is 1. The van der Waals surface area contributed by atoms with Gasteiger partial charge >= 0.3 is 0 Å². The van der Waals surface area contributed by atoms with Crippen LogP contribution in [-0.4, -0.2) is 61.6 Å². The lowest BCUT2D eigenvalue weighted by atomic mass is 9.71. The second-order valence-corrected chi connectivity index (χ2v) is 8.83. The quantitative estimate of drug-likeness (QED) is 0.750. The van der Waals surface area contributed by atoms with Crippen LogP contribution in [0.15, 0.2) is 41.9 Å². The van der Waals surface area contributed by atoms with E-state index in [2.05, 4.69) is 32.9 Å². The Morgan fingerprint density at radius 3 is 2.65 bits per heavy atom. The van der Waals surface area contributed by atoms with E-state index in [1.807, 2.05) is 24.0 Å². The van der Waals surface area contributed by atoms with Crippen molar-refractivity contribution in [2.75, 3.05) is 13.2 Å². The molecule has 2 N–H and O–H groups in total. The van der Waals surface area contributed by atoms with Crippen LogP contribution in [0.4, 0.5) is 0 Å². The first kappa shape index (κ1) is 20.3. The molecule has 5 rings (SSSR count). The molecule has 31 heavy (non-hydrogen) atoms. The second kappa shape index (κ2) is 8.14. The molecule has 2 aromatic rings. The summed E-state index contributed by atoms with van der Waals surface area (Å²) in [5.41, 5.74) is 3.47. The maximum atomic E-state index is 13.3. The van der Waals surface area contributed by atoms with Crippen molar-refractivity contribution in [1.82, 2.24) is 30.4 Å². The summed E-state index contributed by atoms with van der Waals surface area (Å²) in [6, 6.07) is 8.54. The fraction of sp³-hybridized carbons (Fsp3) is 0.545. The molecule has 9 heteroatoms. The first-order valence-electron chi connectivity index (χ1n) is 10.9. The van der Waals surface area contributed by atoms with E-state index in [1.54, 1.807) is 0 Å². The van der Waals surface area contributed by atoms with E-state index in [1.165, 1.54) is 16.7 Å². The van der Waals surface area contributed by atoms with Gasteiger partial charge in [-0.05, 0) is 61.9 Å². The van der Waals surface area contributed by atoms with Gasteiger partial charge < -0.3 is 20.1 Å². The molecule has 1 spiro atoms. The first-order valence-corrected chi connectivity index (χ1v) is 10.9. The highest BCUT2D eigenvalue weighted by molar-refractivity contribution is 5.86. The Balaban J connectivity index is 1.14. The first-order chi connectivity index (χ1) is 15.1. The maximum Gasteiger partial charge on any atom is 0.233 e. The van der Waals surface area contributed by atoms with E-state index < -0.39 is 6.29 Å². The average molecular weight is 425 g/mol. The summed E-state index contributed by atoms with van der Waals surface area (Å²) >= 11 is 0. The Hall–Kier alpha value is -2.62. The Labute approximate surface area is 181 Å². The Bertz CT molecular complexity index is 964. The van der Waals surface area contributed by atoms with Crippen molar-refractivity contribution >= 4 is 5.91 Å². The zero-order valence-electron chi connectivity index (χ0n) is 17.7. The third-order valence-corrected chi connectivity index (χ3v) is 7.10. The van der Waals surface area contributed by atoms with Crippen LogP contribution < -0.4 is 5.32 Å². The summed E-state index contributed by atoms with van der Waals surface area (Å²) in [6.45, 7) is 3.70. The normalized spacial score (nSPS) is 28.8. The molecule has 2 aliphatic heterocycles. The van der Waals surface area contributed by atoms with Gasteiger partial charge in [-0.1, -0.05) is 12.1 Å². The lowest BCUT2D eigenvalue weighted by Gasteiger charge is -2.36. The van der Waals surface area contributed by atoms with Crippen molar-refractivity contribution < 1.29 is 14.6 Å². The molecule has 9 nitrogen and oxygen atoms in total. The summed E-state index contributed by atoms with van der Waals surface area (Å²) in [7, 11) is 0. The van der Waals surface area contributed by atoms with Gasteiger partial charge in [0.2, 0.25) is 5.91 Å². The van der Waals surface area contributed by atoms with Crippen molar-refractivity contribution in [3.05, 3.63) is 47.4 Å². The van der Waals surface area contributed by atoms with Gasteiger partial charge in [0.25, 0.3) is 0 Å². The van der Waals surface area contributed by atoms with Crippen molar-refractivity contribution in [3.63, 3.8) is 0 Å². The third-order valence-electron chi connectivity index (χ3n) is 7.10. The fourth-order valence-electron chi connectivity index (χ4n) is 5.04. The van der Waals surface area contributed by atoms with Crippen LogP contribution in [0.25, 0.3) is 5.69 Å². The number of aliphatic hydroxyl groups excluding tert-OH is 1. The molecule has 0 bridgehead atoms. The van der Waals surface area contributed by atoms with Gasteiger partial charge in [0, 0.05) is 24.7 Å². The van der Waals surface area contributed by atoms with Gasteiger partial charge in [0.1, 0.15) is 0 Å². The number of carbonyl (C=O) groups excluding carboxylic acids is 1. The van der Waals surface area contributed by atoms with Crippen LogP contribution >= 0.6 is 0 Å². The Kier molecular flexibility index (Phi) is 5.33. The number of ether oxygens (including phenoxy) is 1. The third kappa shape index (κ3) is 3.77. The average Bonchev–Trinajstić information content (AvgIpc) is 3.51. The minimum atomic E-state index is -0.874. The molecule has 1 amide bonds. The molecule has 1 unspecified atom stereocenters. The number of benzene rings is 1. The molecular weight excluding hydrogens is 396 g/mol. The largest absolute Gasteiger partial charge is 0.364 e. The van der Waals surface area contributed by atoms with Crippen molar-refractivity contribution in [3.8, 4) is 5.69 Å². The smallest absolute Gasteiger partial charge is 0.233 e. The molecule has 1 saturated carbocycles. The highest BCUT2D eigenvalue weighted by Crippen LogP contribution is 2.46. The molecule has 3 heterocycles. The number of nitrogens with one attached hydrogen (secondary N) is 1. The standard InChI is InChI=1S/C22H28N6O3/c1-15-19(13-31-20(15)29)27-11-10-22(21(27)30)8-6-17(7-9-22)23-12-16-2-4-18(5-3-16)28-25-14-24-26-28/h2-5,14,17,20,23,29H,6-13H2,1H3. The van der Waals surface area contributed by atoms with Gasteiger partial charge in [-0.15, -0.1) is 15.0 Å². The highest BCUT2D eigenvalue weighted by atomic mass is 16.6. The van der Waals surface area contributed by atoms with Gasteiger partial charge in [0.15, 0.2) is 12.6 Å². The number of amides is 1. The number of aliphatic hydroxyl groups is 1. The van der Waals surface area contributed by atoms with E-state index in [0.717, 1.165) is 62.2 Å². The molecule has 2 fully saturated rings. The number of rotatable bonds is 5. The van der Waals surface area contributed by atoms with Crippen molar-refractivity contribution in [2.45, 2.75) is 57.9 Å². The van der Waals surface area contributed by atoms with Crippen molar-refractivity contribution in [2.24, 2.45) is 5.41 Å². The topological polar surface area (TPSA) is 105 Å². The van der Waals surface area contributed by atoms with E-state index in [4.69, 9.17) is 4.74 Å². The number of hydrogen-bond acceptors (Lipinski definition) is 7. The minimum Gasteiger partial charge on any atom is -0.364 e. The van der Waals surface area contributed by atoms with Gasteiger partial charge in [-0.3, -0.25) is 4.79 Å². The molecule has 1 saturated heterocycles. The summed E-state index contributed by atoms with van der Waals surface area (Å²) in [4.78, 5) is 16.6. The van der Waals surface area contributed by atoms with Gasteiger partial charge in [-0.25, -0.2) is 0 Å². The molecule has 1 aliphatic carbocycles. The van der Waals surface area contributed by atoms with Gasteiger partial charge in [0.05, 0.1) is 23.4 Å². The zero-order valence-corrected chi connectivity index (χ0v) is 17.7. The lowest BCUT2D eigenvalue weighted by Crippen LogP contribution is -2.42. The summed E-state index contributed by atoms with van der Waals surface area (Å²) in [5, 5.41) is 25.2. The van der Waals surface area contributed by atoms with Crippen LogP contribution in [0.1, 0.15) is 44.6 Å². The molecule has 1 aromatic heterocycles. The predicted molar refractivity (Wildman–Crippen MR) is 112 cm³/mol. The van der Waals surface area contributed by atoms with Crippen LogP contribution in [-0.2, 0) is 16.1 Å². The maximum absolute atomic E-state index is 13.3. The zero-order chi connectivity index (χ0) is 21.4. The SMILES string of the molecule is CC1=C(N2CCC3(CCC(NCc4ccc(-n5ncnn5)cc4)CC3)C2=O)COC1O. The van der Waals surface area contributed by atoms with Gasteiger partial charge in [-0.2, -0.15) is 0 Å². The molecule has 3 aliphatic rings. The number of tetrazole rings is 1. The predicted octanol–water partition coefficient (Wildman–Crippen LogP) is 1.54. The van der Waals surface area contributed by atoms with E-state index in [9.17, 15) is 9.90 Å². The Morgan fingerprint density at radius 1 is 1.23 bits per heavy atom. The van der Waals surface area contributed by atoms with E-state index in [-0.39, 0.29) is 11.3 Å². The number of carbonyl (C=O) groups is 1. The van der Waals surface area contributed by atoms with Crippen LogP contribution in [0.2, 0.25) is 0 Å². The van der Waals surface area contributed by atoms with Crippen LogP contribution in [0.5, 0.6) is 0 Å². The molecular formula is C22H28N6O3. The van der Waals surface area contributed by atoms with E-state index in [0.29, 0.717) is 12.6 Å². The van der Waals surface area contributed by atoms with E-state index >= 15 is 0 Å². The molecule has 164 valence electrons. The highest BCUT2D eigenvalue weighted by Gasteiger charge is 2.49. The molecule has 0 radical (unpaired) electrons. The Morgan fingerprint density at radius 2 is 2.00 bits per heavy atom. The molecule has 1 aromatic carbocycles. The summed E-state index contributed by atoms with van der Waals surface area (Å²) in [6.07, 6.45) is 5.25. The minimum absolute atomic E-state index is 0.218. The molecule has 1 atom stereocenters. The second-order valence-electron chi connectivity index (χ2n) is 8.83. The fourth-order valence-corrected chi connectivity index (χ4v) is 5.04. The number of nitrogens with zero attached hydrogens (tertiary/aromatic N) is 5. The number of aromatic nitrogens is 4. The summed E-state index contributed by atoms with van der Waals surface area (Å²) < 4.78 is 5.30. The monoisotopic (exact) mass is 424 g/mol. The van der Waals surface area contributed by atoms with Crippen LogP contribution in [0.3, 0.4) is 0 Å². The van der Waals surface area contributed by atoms with Crippen molar-refractivity contribution in [1.29, 1.82) is 0 Å². The summed E-state index contributed by atoms with van der Waals surface area (Å²) in [5.74, 6) is 0.218.